The third-order valence-electron chi connectivity index (χ3n) is 5.64. The highest BCUT2D eigenvalue weighted by molar-refractivity contribution is 5.79. The van der Waals surface area contributed by atoms with Crippen LogP contribution in [0.15, 0.2) is 63.8 Å². The Bertz CT molecular complexity index is 1260. The zero-order chi connectivity index (χ0) is 25.0. The summed E-state index contributed by atoms with van der Waals surface area (Å²) in [5, 5.41) is 0.539. The highest BCUT2D eigenvalue weighted by Gasteiger charge is 2.26. The molecule has 1 aliphatic rings. The van der Waals surface area contributed by atoms with Crippen LogP contribution < -0.4 is 10.2 Å². The van der Waals surface area contributed by atoms with E-state index in [-0.39, 0.29) is 24.0 Å². The van der Waals surface area contributed by atoms with Gasteiger partial charge in [0, 0.05) is 37.8 Å². The molecule has 0 aliphatic carbocycles. The van der Waals surface area contributed by atoms with Gasteiger partial charge in [-0.25, -0.2) is 4.79 Å². The van der Waals surface area contributed by atoms with Crippen molar-refractivity contribution < 1.29 is 23.5 Å². The fraction of sp³-hybridized carbons (Fsp3) is 0.370. The van der Waals surface area contributed by atoms with Crippen molar-refractivity contribution in [2.75, 3.05) is 32.8 Å². The highest BCUT2D eigenvalue weighted by atomic mass is 16.6. The summed E-state index contributed by atoms with van der Waals surface area (Å²) in [6.45, 7) is 7.36. The van der Waals surface area contributed by atoms with E-state index in [1.165, 1.54) is 6.07 Å². The van der Waals surface area contributed by atoms with Crippen molar-refractivity contribution in [3.05, 3.63) is 64.8 Å². The van der Waals surface area contributed by atoms with Gasteiger partial charge >= 0.3 is 6.09 Å². The zero-order valence-electron chi connectivity index (χ0n) is 20.3. The summed E-state index contributed by atoms with van der Waals surface area (Å²) < 4.78 is 17.0. The molecule has 2 heterocycles. The van der Waals surface area contributed by atoms with E-state index in [0.29, 0.717) is 55.1 Å². The average Bonchev–Trinajstić information content (AvgIpc) is 3.08. The fourth-order valence-corrected chi connectivity index (χ4v) is 3.87. The lowest BCUT2D eigenvalue weighted by atomic mass is 10.1. The molecule has 8 heteroatoms. The molecular formula is C27H30N2O6. The van der Waals surface area contributed by atoms with Gasteiger partial charge < -0.3 is 23.7 Å². The van der Waals surface area contributed by atoms with Gasteiger partial charge in [-0.1, -0.05) is 12.1 Å². The summed E-state index contributed by atoms with van der Waals surface area (Å²) in [4.78, 5) is 40.7. The molecule has 0 saturated carbocycles. The number of para-hydroxylation sites is 1. The largest absolute Gasteiger partial charge is 0.484 e. The molecule has 0 N–H and O–H groups in total. The second-order valence-electron chi connectivity index (χ2n) is 9.49. The van der Waals surface area contributed by atoms with Crippen LogP contribution in [-0.4, -0.2) is 60.2 Å². The number of ether oxygens (including phenoxy) is 2. The van der Waals surface area contributed by atoms with Gasteiger partial charge in [0.05, 0.1) is 5.39 Å². The quantitative estimate of drug-likeness (QED) is 0.555. The maximum Gasteiger partial charge on any atom is 0.410 e. The molecule has 0 radical (unpaired) electrons. The van der Waals surface area contributed by atoms with Crippen molar-refractivity contribution in [2.45, 2.75) is 32.8 Å². The molecule has 35 heavy (non-hydrogen) atoms. The molecular weight excluding hydrogens is 448 g/mol. The molecule has 0 bridgehead atoms. The average molecular weight is 479 g/mol. The van der Waals surface area contributed by atoms with E-state index in [2.05, 4.69) is 0 Å². The van der Waals surface area contributed by atoms with E-state index < -0.39 is 5.60 Å². The number of rotatable bonds is 4. The summed E-state index contributed by atoms with van der Waals surface area (Å²) in [5.74, 6) is 0.867. The lowest BCUT2D eigenvalue weighted by Crippen LogP contribution is -2.41. The van der Waals surface area contributed by atoms with E-state index in [0.717, 1.165) is 5.56 Å². The molecule has 0 atom stereocenters. The minimum absolute atomic E-state index is 0.100. The van der Waals surface area contributed by atoms with E-state index in [1.54, 1.807) is 52.3 Å². The molecule has 1 fully saturated rings. The Labute approximate surface area is 204 Å². The standard InChI is InChI=1S/C27H30N2O6/c1-27(2,3)35-26(32)29-14-6-13-28(15-16-29)25(31)18-33-20-11-9-19(10-12-20)24-17-22(30)21-7-4-5-8-23(21)34-24/h4-5,7-12,17H,6,13-16,18H2,1-3H3. The van der Waals surface area contributed by atoms with Crippen LogP contribution >= 0.6 is 0 Å². The zero-order valence-corrected chi connectivity index (χ0v) is 20.3. The number of hydrogen-bond donors (Lipinski definition) is 0. The second kappa shape index (κ2) is 10.2. The number of benzene rings is 2. The maximum absolute atomic E-state index is 12.7. The Morgan fingerprint density at radius 2 is 1.63 bits per heavy atom. The van der Waals surface area contributed by atoms with Gasteiger partial charge in [-0.05, 0) is 63.6 Å². The lowest BCUT2D eigenvalue weighted by Gasteiger charge is -2.26. The van der Waals surface area contributed by atoms with Crippen LogP contribution in [0, 0.1) is 0 Å². The Morgan fingerprint density at radius 1 is 0.943 bits per heavy atom. The molecule has 1 aromatic heterocycles. The molecule has 4 rings (SSSR count). The van der Waals surface area contributed by atoms with Crippen molar-refractivity contribution >= 4 is 23.0 Å². The van der Waals surface area contributed by atoms with Crippen molar-refractivity contribution in [1.82, 2.24) is 9.80 Å². The van der Waals surface area contributed by atoms with Crippen LogP contribution in [0.5, 0.6) is 5.75 Å². The van der Waals surface area contributed by atoms with Crippen molar-refractivity contribution in [1.29, 1.82) is 0 Å². The number of nitrogens with zero attached hydrogens (tertiary/aromatic N) is 2. The van der Waals surface area contributed by atoms with Crippen molar-refractivity contribution in [3.8, 4) is 17.1 Å². The van der Waals surface area contributed by atoms with Crippen LogP contribution in [0.1, 0.15) is 27.2 Å². The first kappa shape index (κ1) is 24.3. The van der Waals surface area contributed by atoms with Crippen LogP contribution in [0.4, 0.5) is 4.79 Å². The predicted octanol–water partition coefficient (Wildman–Crippen LogP) is 4.31. The Kier molecular flexibility index (Phi) is 7.10. The topological polar surface area (TPSA) is 89.3 Å². The van der Waals surface area contributed by atoms with E-state index in [4.69, 9.17) is 13.9 Å². The Balaban J connectivity index is 1.33. The van der Waals surface area contributed by atoms with Gasteiger partial charge in [0.25, 0.3) is 5.91 Å². The fourth-order valence-electron chi connectivity index (χ4n) is 3.87. The molecule has 1 saturated heterocycles. The predicted molar refractivity (Wildman–Crippen MR) is 132 cm³/mol. The molecule has 3 aromatic rings. The summed E-state index contributed by atoms with van der Waals surface area (Å²) in [6.07, 6.45) is 0.321. The van der Waals surface area contributed by atoms with Crippen LogP contribution in [0.3, 0.4) is 0 Å². The van der Waals surface area contributed by atoms with Crippen molar-refractivity contribution in [3.63, 3.8) is 0 Å². The van der Waals surface area contributed by atoms with Gasteiger partial charge in [0.1, 0.15) is 22.7 Å². The summed E-state index contributed by atoms with van der Waals surface area (Å²) >= 11 is 0. The van der Waals surface area contributed by atoms with Gasteiger partial charge in [-0.2, -0.15) is 0 Å². The van der Waals surface area contributed by atoms with Gasteiger partial charge in [0.15, 0.2) is 12.0 Å². The van der Waals surface area contributed by atoms with E-state index in [1.807, 2.05) is 26.8 Å². The number of carbonyl (C=O) groups is 2. The number of hydrogen-bond acceptors (Lipinski definition) is 6. The molecule has 0 unspecified atom stereocenters. The van der Waals surface area contributed by atoms with E-state index in [9.17, 15) is 14.4 Å². The van der Waals surface area contributed by atoms with Crippen LogP contribution in [-0.2, 0) is 9.53 Å². The molecule has 0 spiro atoms. The summed E-state index contributed by atoms with van der Waals surface area (Å²) in [5.41, 5.74) is 0.613. The van der Waals surface area contributed by atoms with E-state index >= 15 is 0 Å². The molecule has 2 aromatic carbocycles. The summed E-state index contributed by atoms with van der Waals surface area (Å²) in [7, 11) is 0. The van der Waals surface area contributed by atoms with Crippen molar-refractivity contribution in [2.24, 2.45) is 0 Å². The first-order valence-corrected chi connectivity index (χ1v) is 11.7. The molecule has 8 nitrogen and oxygen atoms in total. The molecule has 1 aliphatic heterocycles. The Hall–Kier alpha value is -3.81. The maximum atomic E-state index is 12.7. The number of fused-ring (bicyclic) bond motifs is 1. The third kappa shape index (κ3) is 6.20. The van der Waals surface area contributed by atoms with Gasteiger partial charge in [-0.15, -0.1) is 0 Å². The normalized spacial score (nSPS) is 14.5. The smallest absolute Gasteiger partial charge is 0.410 e. The first-order chi connectivity index (χ1) is 16.7. The van der Waals surface area contributed by atoms with Gasteiger partial charge in [0.2, 0.25) is 0 Å². The highest BCUT2D eigenvalue weighted by Crippen LogP contribution is 2.24. The lowest BCUT2D eigenvalue weighted by molar-refractivity contribution is -0.133. The number of carbonyl (C=O) groups excluding carboxylic acids is 2. The SMILES string of the molecule is CC(C)(C)OC(=O)N1CCCN(C(=O)COc2ccc(-c3cc(=O)c4ccccc4o3)cc2)CC1. The minimum atomic E-state index is -0.554. The minimum Gasteiger partial charge on any atom is -0.484 e. The first-order valence-electron chi connectivity index (χ1n) is 11.7. The van der Waals surface area contributed by atoms with Gasteiger partial charge in [-0.3, -0.25) is 9.59 Å². The van der Waals surface area contributed by atoms with Crippen LogP contribution in [0.25, 0.3) is 22.3 Å². The second-order valence-corrected chi connectivity index (χ2v) is 9.49. The molecule has 2 amide bonds. The number of amides is 2. The molecule has 184 valence electrons. The summed E-state index contributed by atoms with van der Waals surface area (Å²) in [6, 6.07) is 15.7. The third-order valence-corrected chi connectivity index (χ3v) is 5.64. The Morgan fingerprint density at radius 3 is 2.37 bits per heavy atom. The monoisotopic (exact) mass is 478 g/mol. The van der Waals surface area contributed by atoms with Crippen LogP contribution in [0.2, 0.25) is 0 Å².